The number of aryl methyl sites for hydroxylation is 1. The monoisotopic (exact) mass is 272 g/mol. The quantitative estimate of drug-likeness (QED) is 0.605. The lowest BCUT2D eigenvalue weighted by molar-refractivity contribution is 0.104. The van der Waals surface area contributed by atoms with E-state index in [0.29, 0.717) is 0 Å². The number of ketones is 1. The maximum atomic E-state index is 12.2. The van der Waals surface area contributed by atoms with E-state index in [0.717, 1.165) is 32.3 Å². The largest absolute Gasteiger partial charge is 0.289 e. The van der Waals surface area contributed by atoms with Gasteiger partial charge in [0.25, 0.3) is 0 Å². The summed E-state index contributed by atoms with van der Waals surface area (Å²) in [5.74, 6) is 0.126. The number of fused-ring (bicyclic) bond motifs is 3. The molecule has 0 saturated heterocycles. The minimum absolute atomic E-state index is 0.126. The Labute approximate surface area is 102 Å². The lowest BCUT2D eigenvalue weighted by Crippen LogP contribution is -1.97. The van der Waals surface area contributed by atoms with E-state index < -0.39 is 0 Å². The fourth-order valence-corrected chi connectivity index (χ4v) is 2.70. The summed E-state index contributed by atoms with van der Waals surface area (Å²) in [7, 11) is 0. The summed E-state index contributed by atoms with van der Waals surface area (Å²) in [6, 6.07) is 11.8. The minimum Gasteiger partial charge on any atom is -0.289 e. The van der Waals surface area contributed by atoms with Crippen molar-refractivity contribution < 1.29 is 4.79 Å². The number of hydrogen-bond acceptors (Lipinski definition) is 1. The molecule has 0 bridgehead atoms. The summed E-state index contributed by atoms with van der Waals surface area (Å²) in [6.07, 6.45) is 0. The molecular weight excluding hydrogens is 264 g/mol. The zero-order chi connectivity index (χ0) is 11.3. The topological polar surface area (TPSA) is 17.1 Å². The summed E-state index contributed by atoms with van der Waals surface area (Å²) >= 11 is 3.51. The fraction of sp³-hybridized carbons (Fsp3) is 0.0714. The molecule has 2 heteroatoms. The van der Waals surface area contributed by atoms with E-state index in [2.05, 4.69) is 15.9 Å². The Kier molecular flexibility index (Phi) is 2.01. The second-order valence-electron chi connectivity index (χ2n) is 3.99. The maximum Gasteiger partial charge on any atom is 0.195 e. The van der Waals surface area contributed by atoms with Gasteiger partial charge in [0.05, 0.1) is 0 Å². The van der Waals surface area contributed by atoms with Crippen LogP contribution in [0.25, 0.3) is 11.1 Å². The second kappa shape index (κ2) is 3.29. The van der Waals surface area contributed by atoms with Gasteiger partial charge in [-0.05, 0) is 39.5 Å². The molecular formula is C14H9BrO. The Hall–Kier alpha value is -1.41. The molecule has 0 radical (unpaired) electrons. The molecule has 16 heavy (non-hydrogen) atoms. The van der Waals surface area contributed by atoms with E-state index >= 15 is 0 Å². The van der Waals surface area contributed by atoms with Gasteiger partial charge in [0.1, 0.15) is 0 Å². The van der Waals surface area contributed by atoms with Crippen LogP contribution in [0.2, 0.25) is 0 Å². The second-order valence-corrected chi connectivity index (χ2v) is 4.79. The third-order valence-corrected chi connectivity index (χ3v) is 4.05. The summed E-state index contributed by atoms with van der Waals surface area (Å²) in [6.45, 7) is 2.00. The van der Waals surface area contributed by atoms with Crippen LogP contribution in [0.1, 0.15) is 21.5 Å². The van der Waals surface area contributed by atoms with Crippen molar-refractivity contribution in [2.45, 2.75) is 6.92 Å². The van der Waals surface area contributed by atoms with Gasteiger partial charge >= 0.3 is 0 Å². The highest BCUT2D eigenvalue weighted by atomic mass is 79.9. The third kappa shape index (κ3) is 1.14. The Morgan fingerprint density at radius 2 is 1.62 bits per heavy atom. The van der Waals surface area contributed by atoms with Gasteiger partial charge in [-0.25, -0.2) is 0 Å². The Balaban J connectivity index is 2.42. The molecule has 0 aromatic heterocycles. The number of benzene rings is 2. The molecule has 3 rings (SSSR count). The van der Waals surface area contributed by atoms with Gasteiger partial charge in [-0.2, -0.15) is 0 Å². The van der Waals surface area contributed by atoms with Crippen LogP contribution in [0, 0.1) is 6.92 Å². The first-order valence-corrected chi connectivity index (χ1v) is 5.92. The smallest absolute Gasteiger partial charge is 0.195 e. The molecule has 2 aromatic carbocycles. The molecule has 0 unspecified atom stereocenters. The van der Waals surface area contributed by atoms with Gasteiger partial charge < -0.3 is 0 Å². The van der Waals surface area contributed by atoms with Gasteiger partial charge in [-0.15, -0.1) is 0 Å². The van der Waals surface area contributed by atoms with Crippen molar-refractivity contribution >= 4 is 21.7 Å². The first-order valence-electron chi connectivity index (χ1n) is 5.13. The average Bonchev–Trinajstić information content (AvgIpc) is 2.59. The number of carbonyl (C=O) groups excluding carboxylic acids is 1. The van der Waals surface area contributed by atoms with Crippen LogP contribution in [-0.2, 0) is 0 Å². The number of hydrogen-bond donors (Lipinski definition) is 0. The summed E-state index contributed by atoms with van der Waals surface area (Å²) in [5.41, 5.74) is 4.80. The number of halogens is 1. The van der Waals surface area contributed by atoms with Crippen LogP contribution in [0.4, 0.5) is 0 Å². The number of rotatable bonds is 0. The van der Waals surface area contributed by atoms with E-state index in [1.807, 2.05) is 43.3 Å². The molecule has 0 N–H and O–H groups in total. The predicted molar refractivity (Wildman–Crippen MR) is 67.7 cm³/mol. The van der Waals surface area contributed by atoms with Crippen molar-refractivity contribution in [2.24, 2.45) is 0 Å². The fourth-order valence-electron chi connectivity index (χ4n) is 2.18. The molecule has 78 valence electrons. The highest BCUT2D eigenvalue weighted by molar-refractivity contribution is 9.10. The van der Waals surface area contributed by atoms with Gasteiger partial charge in [-0.1, -0.05) is 36.4 Å². The lowest BCUT2D eigenvalue weighted by Gasteiger charge is -2.04. The van der Waals surface area contributed by atoms with Crippen molar-refractivity contribution in [3.8, 4) is 11.1 Å². The molecule has 0 atom stereocenters. The first kappa shape index (κ1) is 9.79. The van der Waals surface area contributed by atoms with Gasteiger partial charge in [0.2, 0.25) is 0 Å². The van der Waals surface area contributed by atoms with Crippen LogP contribution < -0.4 is 0 Å². The van der Waals surface area contributed by atoms with Crippen LogP contribution in [0.5, 0.6) is 0 Å². The molecule has 0 aliphatic heterocycles. The van der Waals surface area contributed by atoms with E-state index in [1.165, 1.54) is 0 Å². The van der Waals surface area contributed by atoms with E-state index in [4.69, 9.17) is 0 Å². The van der Waals surface area contributed by atoms with Crippen molar-refractivity contribution in [1.82, 2.24) is 0 Å². The Morgan fingerprint density at radius 1 is 0.938 bits per heavy atom. The zero-order valence-electron chi connectivity index (χ0n) is 8.75. The summed E-state index contributed by atoms with van der Waals surface area (Å²) < 4.78 is 0.922. The van der Waals surface area contributed by atoms with Crippen LogP contribution in [-0.4, -0.2) is 5.78 Å². The van der Waals surface area contributed by atoms with E-state index in [1.54, 1.807) is 0 Å². The zero-order valence-corrected chi connectivity index (χ0v) is 10.3. The highest BCUT2D eigenvalue weighted by Crippen LogP contribution is 2.40. The Bertz CT molecular complexity index is 614. The standard InChI is InChI=1S/C14H9BrO/c1-8-6-7-10-9-4-2-3-5-11(9)14(16)12(10)13(8)15/h2-7H,1H3. The molecule has 2 aromatic rings. The third-order valence-electron chi connectivity index (χ3n) is 3.02. The van der Waals surface area contributed by atoms with Crippen LogP contribution in [0.15, 0.2) is 40.9 Å². The van der Waals surface area contributed by atoms with Crippen molar-refractivity contribution in [3.63, 3.8) is 0 Å². The highest BCUT2D eigenvalue weighted by Gasteiger charge is 2.28. The van der Waals surface area contributed by atoms with E-state index in [9.17, 15) is 4.79 Å². The maximum absolute atomic E-state index is 12.2. The molecule has 0 fully saturated rings. The average molecular weight is 273 g/mol. The molecule has 0 spiro atoms. The van der Waals surface area contributed by atoms with Crippen LogP contribution in [0.3, 0.4) is 0 Å². The molecule has 0 heterocycles. The van der Waals surface area contributed by atoms with Crippen LogP contribution >= 0.6 is 15.9 Å². The molecule has 1 aliphatic carbocycles. The number of carbonyl (C=O) groups is 1. The van der Waals surface area contributed by atoms with Gasteiger partial charge in [0.15, 0.2) is 5.78 Å². The summed E-state index contributed by atoms with van der Waals surface area (Å²) in [5, 5.41) is 0. The summed E-state index contributed by atoms with van der Waals surface area (Å²) in [4.78, 5) is 12.2. The van der Waals surface area contributed by atoms with Crippen molar-refractivity contribution in [3.05, 3.63) is 57.6 Å². The lowest BCUT2D eigenvalue weighted by atomic mass is 10.0. The van der Waals surface area contributed by atoms with Gasteiger partial charge in [0, 0.05) is 15.6 Å². The molecule has 1 aliphatic rings. The molecule has 0 saturated carbocycles. The Morgan fingerprint density at radius 3 is 2.38 bits per heavy atom. The van der Waals surface area contributed by atoms with E-state index in [-0.39, 0.29) is 5.78 Å². The van der Waals surface area contributed by atoms with Gasteiger partial charge in [-0.3, -0.25) is 4.79 Å². The minimum atomic E-state index is 0.126. The predicted octanol–water partition coefficient (Wildman–Crippen LogP) is 3.97. The first-order chi connectivity index (χ1) is 7.70. The van der Waals surface area contributed by atoms with Crippen molar-refractivity contribution in [1.29, 1.82) is 0 Å². The SMILES string of the molecule is Cc1ccc2c(c1Br)C(=O)c1ccccc1-2. The molecule has 0 amide bonds. The van der Waals surface area contributed by atoms with Crippen molar-refractivity contribution in [2.75, 3.05) is 0 Å². The molecule has 1 nitrogen and oxygen atoms in total. The normalized spacial score (nSPS) is 12.5.